The molecule has 0 aliphatic rings. The lowest BCUT2D eigenvalue weighted by atomic mass is 10.1. The van der Waals surface area contributed by atoms with Crippen LogP contribution in [0.5, 0.6) is 0 Å². The summed E-state index contributed by atoms with van der Waals surface area (Å²) in [6.45, 7) is 4.53. The molecule has 0 radical (unpaired) electrons. The summed E-state index contributed by atoms with van der Waals surface area (Å²) in [5, 5.41) is 12.3. The summed E-state index contributed by atoms with van der Waals surface area (Å²) in [6, 6.07) is 7.43. The molecule has 0 aliphatic heterocycles. The first kappa shape index (κ1) is 12.7. The minimum atomic E-state index is 0.0675. The van der Waals surface area contributed by atoms with E-state index in [1.807, 2.05) is 18.2 Å². The quantitative estimate of drug-likeness (QED) is 0.725. The van der Waals surface area contributed by atoms with Crippen molar-refractivity contribution in [2.75, 3.05) is 18.5 Å². The topological polar surface area (TPSA) is 49.3 Å². The van der Waals surface area contributed by atoms with Crippen LogP contribution in [-0.2, 0) is 0 Å². The lowest BCUT2D eigenvalue weighted by Gasteiger charge is -2.13. The summed E-state index contributed by atoms with van der Waals surface area (Å²) in [5.41, 5.74) is 1.64. The third-order valence-electron chi connectivity index (χ3n) is 2.70. The van der Waals surface area contributed by atoms with E-state index < -0.39 is 0 Å². The van der Waals surface area contributed by atoms with Gasteiger partial charge in [-0.05, 0) is 31.4 Å². The number of hydrogen-bond donors (Lipinski definition) is 2. The number of ketones is 1. The molecule has 0 saturated heterocycles. The number of nitrogens with one attached hydrogen (secondary N) is 1. The Morgan fingerprint density at radius 2 is 2.25 bits per heavy atom. The van der Waals surface area contributed by atoms with E-state index in [9.17, 15) is 4.79 Å². The van der Waals surface area contributed by atoms with Crippen LogP contribution in [0.4, 0.5) is 5.69 Å². The molecule has 1 unspecified atom stereocenters. The second-order valence-corrected chi connectivity index (χ2v) is 3.97. The van der Waals surface area contributed by atoms with Crippen LogP contribution in [0.2, 0.25) is 0 Å². The molecule has 0 aromatic heterocycles. The Balaban J connectivity index is 2.60. The van der Waals surface area contributed by atoms with Crippen molar-refractivity contribution < 1.29 is 9.90 Å². The van der Waals surface area contributed by atoms with Crippen molar-refractivity contribution >= 4 is 11.5 Å². The Morgan fingerprint density at radius 1 is 1.50 bits per heavy atom. The number of aliphatic hydroxyl groups excluding tert-OH is 1. The maximum absolute atomic E-state index is 11.2. The van der Waals surface area contributed by atoms with Gasteiger partial charge in [0.15, 0.2) is 5.78 Å². The number of anilines is 1. The standard InChI is InChI=1S/C13H19NO2/c1-3-11(9-15)8-14-13-6-4-5-12(7-13)10(2)16/h4-7,11,14-15H,3,8-9H2,1-2H3. The van der Waals surface area contributed by atoms with Crippen molar-refractivity contribution in [3.05, 3.63) is 29.8 Å². The number of benzene rings is 1. The molecule has 16 heavy (non-hydrogen) atoms. The highest BCUT2D eigenvalue weighted by molar-refractivity contribution is 5.94. The van der Waals surface area contributed by atoms with Gasteiger partial charge in [0.1, 0.15) is 0 Å². The molecule has 1 rings (SSSR count). The summed E-state index contributed by atoms with van der Waals surface area (Å²) in [7, 11) is 0. The van der Waals surface area contributed by atoms with E-state index in [-0.39, 0.29) is 18.3 Å². The van der Waals surface area contributed by atoms with Crippen LogP contribution in [0.3, 0.4) is 0 Å². The molecule has 2 N–H and O–H groups in total. The minimum Gasteiger partial charge on any atom is -0.396 e. The highest BCUT2D eigenvalue weighted by Gasteiger charge is 2.05. The van der Waals surface area contributed by atoms with Gasteiger partial charge in [-0.1, -0.05) is 19.1 Å². The van der Waals surface area contributed by atoms with Gasteiger partial charge in [-0.2, -0.15) is 0 Å². The third kappa shape index (κ3) is 3.66. The van der Waals surface area contributed by atoms with Crippen LogP contribution in [0.25, 0.3) is 0 Å². The molecule has 3 heteroatoms. The summed E-state index contributed by atoms with van der Waals surface area (Å²) in [5.74, 6) is 0.332. The molecule has 1 atom stereocenters. The Kier molecular flexibility index (Phi) is 4.99. The first-order chi connectivity index (χ1) is 7.67. The second-order valence-electron chi connectivity index (χ2n) is 3.97. The monoisotopic (exact) mass is 221 g/mol. The van der Waals surface area contributed by atoms with Gasteiger partial charge < -0.3 is 10.4 Å². The Labute approximate surface area is 96.5 Å². The fourth-order valence-electron chi connectivity index (χ4n) is 1.45. The lowest BCUT2D eigenvalue weighted by Crippen LogP contribution is -2.17. The van der Waals surface area contributed by atoms with E-state index >= 15 is 0 Å². The SMILES string of the molecule is CCC(CO)CNc1cccc(C(C)=O)c1. The lowest BCUT2D eigenvalue weighted by molar-refractivity contribution is 0.101. The molecule has 1 aromatic rings. The summed E-state index contributed by atoms with van der Waals surface area (Å²) < 4.78 is 0. The van der Waals surface area contributed by atoms with Crippen LogP contribution in [0.15, 0.2) is 24.3 Å². The Hall–Kier alpha value is -1.35. The number of carbonyl (C=O) groups is 1. The Morgan fingerprint density at radius 3 is 2.81 bits per heavy atom. The van der Waals surface area contributed by atoms with Gasteiger partial charge in [-0.3, -0.25) is 4.79 Å². The molecule has 1 aromatic carbocycles. The zero-order valence-corrected chi connectivity index (χ0v) is 9.86. The zero-order chi connectivity index (χ0) is 12.0. The predicted octanol–water partition coefficient (Wildman–Crippen LogP) is 2.32. The summed E-state index contributed by atoms with van der Waals surface area (Å²) in [6.07, 6.45) is 0.940. The number of carbonyl (C=O) groups excluding carboxylic acids is 1. The average Bonchev–Trinajstić information content (AvgIpc) is 2.31. The van der Waals surface area contributed by atoms with Crippen LogP contribution in [-0.4, -0.2) is 24.0 Å². The van der Waals surface area contributed by atoms with Gasteiger partial charge in [-0.15, -0.1) is 0 Å². The predicted molar refractivity (Wildman–Crippen MR) is 65.8 cm³/mol. The fourth-order valence-corrected chi connectivity index (χ4v) is 1.45. The maximum atomic E-state index is 11.2. The Bertz CT molecular complexity index is 346. The van der Waals surface area contributed by atoms with Crippen LogP contribution in [0, 0.1) is 5.92 Å². The van der Waals surface area contributed by atoms with E-state index in [1.54, 1.807) is 13.0 Å². The van der Waals surface area contributed by atoms with Crippen molar-refractivity contribution in [1.82, 2.24) is 0 Å². The highest BCUT2D eigenvalue weighted by atomic mass is 16.3. The molecule has 3 nitrogen and oxygen atoms in total. The minimum absolute atomic E-state index is 0.0675. The van der Waals surface area contributed by atoms with E-state index in [1.165, 1.54) is 0 Å². The number of Topliss-reactive ketones (excluding diaryl/α,β-unsaturated/α-hetero) is 1. The summed E-state index contributed by atoms with van der Waals surface area (Å²) in [4.78, 5) is 11.2. The van der Waals surface area contributed by atoms with Gasteiger partial charge in [0.25, 0.3) is 0 Å². The molecule has 0 saturated carbocycles. The highest BCUT2D eigenvalue weighted by Crippen LogP contribution is 2.12. The molecule has 0 fully saturated rings. The maximum Gasteiger partial charge on any atom is 0.159 e. The normalized spacial score (nSPS) is 12.2. The second kappa shape index (κ2) is 6.28. The average molecular weight is 221 g/mol. The molecular formula is C13H19NO2. The van der Waals surface area contributed by atoms with Gasteiger partial charge >= 0.3 is 0 Å². The number of hydrogen-bond acceptors (Lipinski definition) is 3. The zero-order valence-electron chi connectivity index (χ0n) is 9.86. The molecule has 0 bridgehead atoms. The van der Waals surface area contributed by atoms with Crippen LogP contribution < -0.4 is 5.32 Å². The number of rotatable bonds is 6. The van der Waals surface area contributed by atoms with E-state index in [0.717, 1.165) is 18.7 Å². The van der Waals surface area contributed by atoms with Gasteiger partial charge in [0.05, 0.1) is 0 Å². The van der Waals surface area contributed by atoms with E-state index in [2.05, 4.69) is 12.2 Å². The first-order valence-electron chi connectivity index (χ1n) is 5.63. The molecular weight excluding hydrogens is 202 g/mol. The van der Waals surface area contributed by atoms with Crippen LogP contribution >= 0.6 is 0 Å². The molecule has 88 valence electrons. The number of aliphatic hydroxyl groups is 1. The fraction of sp³-hybridized carbons (Fsp3) is 0.462. The smallest absolute Gasteiger partial charge is 0.159 e. The first-order valence-corrected chi connectivity index (χ1v) is 5.63. The van der Waals surface area contributed by atoms with Crippen molar-refractivity contribution in [3.63, 3.8) is 0 Å². The van der Waals surface area contributed by atoms with Crippen molar-refractivity contribution in [2.45, 2.75) is 20.3 Å². The molecule has 0 spiro atoms. The molecule has 0 aliphatic carbocycles. The van der Waals surface area contributed by atoms with E-state index in [4.69, 9.17) is 5.11 Å². The van der Waals surface area contributed by atoms with Gasteiger partial charge in [0.2, 0.25) is 0 Å². The van der Waals surface area contributed by atoms with Crippen molar-refractivity contribution in [3.8, 4) is 0 Å². The third-order valence-corrected chi connectivity index (χ3v) is 2.70. The van der Waals surface area contributed by atoms with Crippen LogP contribution in [0.1, 0.15) is 30.6 Å². The summed E-state index contributed by atoms with van der Waals surface area (Å²) >= 11 is 0. The van der Waals surface area contributed by atoms with Crippen molar-refractivity contribution in [1.29, 1.82) is 0 Å². The van der Waals surface area contributed by atoms with Gasteiger partial charge in [0, 0.05) is 24.4 Å². The van der Waals surface area contributed by atoms with Gasteiger partial charge in [-0.25, -0.2) is 0 Å². The van der Waals surface area contributed by atoms with Crippen molar-refractivity contribution in [2.24, 2.45) is 5.92 Å². The molecule has 0 amide bonds. The largest absolute Gasteiger partial charge is 0.396 e. The molecule has 0 heterocycles. The van der Waals surface area contributed by atoms with E-state index in [0.29, 0.717) is 5.56 Å².